The third-order valence-corrected chi connectivity index (χ3v) is 3.35. The molecule has 1 aromatic heterocycles. The monoisotopic (exact) mass is 219 g/mol. The van der Waals surface area contributed by atoms with E-state index in [1.54, 1.807) is 6.20 Å². The van der Waals surface area contributed by atoms with Crippen LogP contribution < -0.4 is 5.32 Å². The van der Waals surface area contributed by atoms with E-state index in [0.29, 0.717) is 11.5 Å². The van der Waals surface area contributed by atoms with Gasteiger partial charge in [0.05, 0.1) is 6.20 Å². The van der Waals surface area contributed by atoms with E-state index in [1.165, 1.54) is 25.7 Å². The molecular weight excluding hydrogens is 198 g/mol. The maximum atomic E-state index is 4.12. The van der Waals surface area contributed by atoms with Crippen molar-refractivity contribution in [3.05, 3.63) is 17.8 Å². The zero-order valence-corrected chi connectivity index (χ0v) is 10.5. The van der Waals surface area contributed by atoms with Crippen molar-refractivity contribution in [3.63, 3.8) is 0 Å². The Balaban J connectivity index is 1.99. The molecule has 0 spiro atoms. The Morgan fingerprint density at radius 3 is 2.94 bits per heavy atom. The van der Waals surface area contributed by atoms with Crippen molar-refractivity contribution in [1.82, 2.24) is 10.2 Å². The van der Waals surface area contributed by atoms with Crippen molar-refractivity contribution < 1.29 is 0 Å². The molecule has 0 aromatic carbocycles. The quantitative estimate of drug-likeness (QED) is 0.830. The van der Waals surface area contributed by atoms with Crippen LogP contribution >= 0.6 is 0 Å². The number of hydrogen-bond donors (Lipinski definition) is 1. The Labute approximate surface area is 97.7 Å². The van der Waals surface area contributed by atoms with Crippen LogP contribution in [0, 0.1) is 12.3 Å². The first-order chi connectivity index (χ1) is 7.55. The van der Waals surface area contributed by atoms with Crippen LogP contribution in [0.1, 0.15) is 45.1 Å². The van der Waals surface area contributed by atoms with E-state index in [1.807, 2.05) is 6.92 Å². The zero-order valence-electron chi connectivity index (χ0n) is 10.5. The molecule has 1 heterocycles. The molecular formula is C13H21N3. The molecule has 1 saturated carbocycles. The molecule has 16 heavy (non-hydrogen) atoms. The van der Waals surface area contributed by atoms with Crippen LogP contribution in [0.3, 0.4) is 0 Å². The van der Waals surface area contributed by atoms with E-state index in [2.05, 4.69) is 35.4 Å². The molecule has 88 valence electrons. The van der Waals surface area contributed by atoms with Crippen LogP contribution in [0.25, 0.3) is 0 Å². The van der Waals surface area contributed by atoms with E-state index in [-0.39, 0.29) is 0 Å². The molecule has 1 aliphatic rings. The van der Waals surface area contributed by atoms with Gasteiger partial charge in [-0.2, -0.15) is 5.10 Å². The maximum absolute atomic E-state index is 4.12. The van der Waals surface area contributed by atoms with Crippen molar-refractivity contribution in [1.29, 1.82) is 0 Å². The Kier molecular flexibility index (Phi) is 3.13. The molecule has 0 amide bonds. The van der Waals surface area contributed by atoms with Gasteiger partial charge in [0.15, 0.2) is 0 Å². The Morgan fingerprint density at radius 1 is 1.44 bits per heavy atom. The molecule has 1 aliphatic carbocycles. The minimum atomic E-state index is 0.465. The maximum Gasteiger partial charge on any atom is 0.149 e. The van der Waals surface area contributed by atoms with Gasteiger partial charge in [0.1, 0.15) is 5.82 Å². The molecule has 1 aromatic rings. The smallest absolute Gasteiger partial charge is 0.149 e. The number of nitrogens with zero attached hydrogens (tertiary/aromatic N) is 2. The average Bonchev–Trinajstić information content (AvgIpc) is 2.15. The lowest BCUT2D eigenvalue weighted by Crippen LogP contribution is -2.32. The largest absolute Gasteiger partial charge is 0.366 e. The zero-order chi connectivity index (χ0) is 11.6. The van der Waals surface area contributed by atoms with Gasteiger partial charge >= 0.3 is 0 Å². The van der Waals surface area contributed by atoms with E-state index in [0.717, 1.165) is 11.4 Å². The molecule has 0 bridgehead atoms. The van der Waals surface area contributed by atoms with Gasteiger partial charge in [0.2, 0.25) is 0 Å². The van der Waals surface area contributed by atoms with E-state index < -0.39 is 0 Å². The third-order valence-electron chi connectivity index (χ3n) is 3.35. The minimum Gasteiger partial charge on any atom is -0.366 e. The fourth-order valence-corrected chi connectivity index (χ4v) is 2.56. The number of aryl methyl sites for hydroxylation is 1. The van der Waals surface area contributed by atoms with Gasteiger partial charge in [-0.3, -0.25) is 0 Å². The molecule has 1 fully saturated rings. The second-order valence-corrected chi connectivity index (χ2v) is 5.72. The standard InChI is InChI=1S/C13H21N3/c1-10-7-12(16-14-9-10)15-11-5-4-6-13(2,3)8-11/h7,9,11H,4-6,8H2,1-3H3,(H,15,16). The highest BCUT2D eigenvalue weighted by Gasteiger charge is 2.27. The summed E-state index contributed by atoms with van der Waals surface area (Å²) < 4.78 is 0. The molecule has 3 heteroatoms. The topological polar surface area (TPSA) is 37.8 Å². The Morgan fingerprint density at radius 2 is 2.25 bits per heavy atom. The Bertz CT molecular complexity index is 360. The van der Waals surface area contributed by atoms with Crippen LogP contribution in [0.4, 0.5) is 5.82 Å². The van der Waals surface area contributed by atoms with Crippen molar-refractivity contribution in [2.75, 3.05) is 5.32 Å². The summed E-state index contributed by atoms with van der Waals surface area (Å²) in [5, 5.41) is 11.6. The van der Waals surface area contributed by atoms with Gasteiger partial charge in [-0.25, -0.2) is 0 Å². The highest BCUT2D eigenvalue weighted by Crippen LogP contribution is 2.36. The third kappa shape index (κ3) is 2.94. The summed E-state index contributed by atoms with van der Waals surface area (Å²) in [7, 11) is 0. The number of aromatic nitrogens is 2. The number of anilines is 1. The predicted octanol–water partition coefficient (Wildman–Crippen LogP) is 3.17. The molecule has 2 rings (SSSR count). The van der Waals surface area contributed by atoms with E-state index in [4.69, 9.17) is 0 Å². The van der Waals surface area contributed by atoms with Crippen LogP contribution in [0.5, 0.6) is 0 Å². The van der Waals surface area contributed by atoms with Gasteiger partial charge in [0.25, 0.3) is 0 Å². The first-order valence-corrected chi connectivity index (χ1v) is 6.11. The number of hydrogen-bond acceptors (Lipinski definition) is 3. The second-order valence-electron chi connectivity index (χ2n) is 5.72. The van der Waals surface area contributed by atoms with Crippen LogP contribution in [0.2, 0.25) is 0 Å². The molecule has 0 saturated heterocycles. The molecule has 1 N–H and O–H groups in total. The highest BCUT2D eigenvalue weighted by atomic mass is 15.2. The highest BCUT2D eigenvalue weighted by molar-refractivity contribution is 5.36. The minimum absolute atomic E-state index is 0.465. The van der Waals surface area contributed by atoms with Crippen molar-refractivity contribution in [3.8, 4) is 0 Å². The van der Waals surface area contributed by atoms with Crippen molar-refractivity contribution >= 4 is 5.82 Å². The first kappa shape index (κ1) is 11.4. The molecule has 0 radical (unpaired) electrons. The fourth-order valence-electron chi connectivity index (χ4n) is 2.56. The summed E-state index contributed by atoms with van der Waals surface area (Å²) in [4.78, 5) is 0. The lowest BCUT2D eigenvalue weighted by Gasteiger charge is -2.35. The summed E-state index contributed by atoms with van der Waals surface area (Å²) in [6.45, 7) is 6.75. The van der Waals surface area contributed by atoms with Crippen molar-refractivity contribution in [2.45, 2.75) is 52.5 Å². The van der Waals surface area contributed by atoms with Gasteiger partial charge in [0, 0.05) is 6.04 Å². The summed E-state index contributed by atoms with van der Waals surface area (Å²) in [5.74, 6) is 0.919. The predicted molar refractivity (Wildman–Crippen MR) is 66.4 cm³/mol. The average molecular weight is 219 g/mol. The number of rotatable bonds is 2. The summed E-state index contributed by atoms with van der Waals surface area (Å²) >= 11 is 0. The SMILES string of the molecule is Cc1cnnc(NC2CCCC(C)(C)C2)c1. The van der Waals surface area contributed by atoms with Crippen LogP contribution in [-0.4, -0.2) is 16.2 Å². The molecule has 3 nitrogen and oxygen atoms in total. The van der Waals surface area contributed by atoms with Crippen molar-refractivity contribution in [2.24, 2.45) is 5.41 Å². The molecule has 0 aliphatic heterocycles. The summed E-state index contributed by atoms with van der Waals surface area (Å²) in [5.41, 5.74) is 1.63. The van der Waals surface area contributed by atoms with Gasteiger partial charge in [-0.05, 0) is 43.2 Å². The van der Waals surface area contributed by atoms with Crippen LogP contribution in [0.15, 0.2) is 12.3 Å². The van der Waals surface area contributed by atoms with Gasteiger partial charge < -0.3 is 5.32 Å². The molecule has 1 unspecified atom stereocenters. The number of nitrogens with one attached hydrogen (secondary N) is 1. The van der Waals surface area contributed by atoms with Crippen LogP contribution in [-0.2, 0) is 0 Å². The first-order valence-electron chi connectivity index (χ1n) is 6.11. The van der Waals surface area contributed by atoms with Gasteiger partial charge in [-0.1, -0.05) is 20.3 Å². The Hall–Kier alpha value is -1.12. The second kappa shape index (κ2) is 4.40. The lowest BCUT2D eigenvalue weighted by molar-refractivity contribution is 0.229. The van der Waals surface area contributed by atoms with Gasteiger partial charge in [-0.15, -0.1) is 5.10 Å². The van der Waals surface area contributed by atoms with E-state index in [9.17, 15) is 0 Å². The fraction of sp³-hybridized carbons (Fsp3) is 0.692. The molecule has 1 atom stereocenters. The summed E-state index contributed by atoms with van der Waals surface area (Å²) in [6.07, 6.45) is 6.91. The lowest BCUT2D eigenvalue weighted by atomic mass is 9.75. The van der Waals surface area contributed by atoms with E-state index >= 15 is 0 Å². The summed E-state index contributed by atoms with van der Waals surface area (Å²) in [6, 6.07) is 2.62. The normalized spacial score (nSPS) is 24.1.